The van der Waals surface area contributed by atoms with Crippen molar-refractivity contribution in [2.24, 2.45) is 0 Å². The van der Waals surface area contributed by atoms with Crippen LogP contribution < -0.4 is 10.1 Å². The number of carbonyl (C=O) groups excluding carboxylic acids is 3. The molecular weight excluding hydrogens is 470 g/mol. The Morgan fingerprint density at radius 3 is 2.49 bits per heavy atom. The molecule has 1 spiro atoms. The predicted octanol–water partition coefficient (Wildman–Crippen LogP) is 2.60. The number of nitrogens with one attached hydrogen (secondary N) is 1. The Labute approximate surface area is 216 Å². The van der Waals surface area contributed by atoms with Gasteiger partial charge in [-0.3, -0.25) is 24.6 Å². The first-order chi connectivity index (χ1) is 17.6. The molecule has 6 rings (SSSR count). The Hall–Kier alpha value is -3.23. The van der Waals surface area contributed by atoms with E-state index < -0.39 is 17.6 Å². The number of likely N-dealkylation sites (tertiary alicyclic amines) is 1. The summed E-state index contributed by atoms with van der Waals surface area (Å²) in [5.74, 6) is -0.0267. The van der Waals surface area contributed by atoms with Gasteiger partial charge in [-0.1, -0.05) is 30.3 Å². The molecule has 1 atom stereocenters. The third-order valence-corrected chi connectivity index (χ3v) is 8.61. The van der Waals surface area contributed by atoms with Crippen molar-refractivity contribution in [3.05, 3.63) is 64.2 Å². The molecule has 0 radical (unpaired) electrons. The average molecular weight is 504 g/mol. The molecule has 3 amide bonds. The minimum atomic E-state index is -0.838. The van der Waals surface area contributed by atoms with Crippen LogP contribution in [0.4, 0.5) is 0 Å². The molecule has 1 unspecified atom stereocenters. The summed E-state index contributed by atoms with van der Waals surface area (Å²) in [6, 6.07) is 11.5. The molecule has 0 aromatic heterocycles. The Bertz CT molecular complexity index is 1270. The lowest BCUT2D eigenvalue weighted by Gasteiger charge is -2.38. The number of ether oxygens (including phenoxy) is 1. The number of hydrogen-bond acceptors (Lipinski definition) is 6. The highest BCUT2D eigenvalue weighted by Gasteiger charge is 2.47. The Morgan fingerprint density at radius 2 is 1.81 bits per heavy atom. The summed E-state index contributed by atoms with van der Waals surface area (Å²) >= 11 is 0. The fraction of sp³-hybridized carbons (Fsp3) is 0.483. The molecule has 0 bridgehead atoms. The fourth-order valence-electron chi connectivity index (χ4n) is 6.31. The van der Waals surface area contributed by atoms with Gasteiger partial charge in [-0.2, -0.15) is 0 Å². The molecule has 2 N–H and O–H groups in total. The van der Waals surface area contributed by atoms with Gasteiger partial charge in [0, 0.05) is 35.1 Å². The van der Waals surface area contributed by atoms with Crippen molar-refractivity contribution >= 4 is 17.7 Å². The average Bonchev–Trinajstić information content (AvgIpc) is 3.39. The fourth-order valence-corrected chi connectivity index (χ4v) is 6.31. The molecule has 2 aromatic carbocycles. The van der Waals surface area contributed by atoms with Gasteiger partial charge in [0.15, 0.2) is 0 Å². The highest BCUT2D eigenvalue weighted by molar-refractivity contribution is 6.05. The van der Waals surface area contributed by atoms with Crippen LogP contribution in [0.25, 0.3) is 0 Å². The number of benzene rings is 2. The van der Waals surface area contributed by atoms with E-state index in [9.17, 15) is 19.5 Å². The quantitative estimate of drug-likeness (QED) is 0.623. The molecular formula is C29H33N3O5. The summed E-state index contributed by atoms with van der Waals surface area (Å²) in [6.45, 7) is 7.32. The zero-order valence-electron chi connectivity index (χ0n) is 21.4. The van der Waals surface area contributed by atoms with Crippen LogP contribution in [0.15, 0.2) is 36.4 Å². The molecule has 2 fully saturated rings. The molecule has 2 saturated heterocycles. The Kier molecular flexibility index (Phi) is 5.65. The SMILES string of the molecule is CC(C)(O)c1ccc(CN2CCC3(CC2)COc2c3ccc3c2CN(C2CCC(=O)NC2=O)C3=O)cc1. The standard InChI is InChI=1S/C29H33N3O5/c1-28(2,36)19-5-3-18(4-6-19)15-31-13-11-29(12-14-31)17-37-25-21-16-32(23-9-10-24(33)30-26(23)34)27(35)20(21)7-8-22(25)29/h3-8,23,36H,9-17H2,1-2H3,(H,30,33,34). The zero-order valence-corrected chi connectivity index (χ0v) is 21.4. The lowest BCUT2D eigenvalue weighted by atomic mass is 9.74. The van der Waals surface area contributed by atoms with Crippen LogP contribution in [0, 0.1) is 0 Å². The van der Waals surface area contributed by atoms with E-state index >= 15 is 0 Å². The molecule has 37 heavy (non-hydrogen) atoms. The van der Waals surface area contributed by atoms with Crippen LogP contribution in [0.3, 0.4) is 0 Å². The third kappa shape index (κ3) is 4.12. The second-order valence-electron chi connectivity index (χ2n) is 11.5. The van der Waals surface area contributed by atoms with Gasteiger partial charge in [0.25, 0.3) is 5.91 Å². The minimum Gasteiger partial charge on any atom is -0.492 e. The normalized spacial score (nSPS) is 23.2. The second kappa shape index (κ2) is 8.67. The van der Waals surface area contributed by atoms with Gasteiger partial charge in [-0.25, -0.2) is 0 Å². The predicted molar refractivity (Wildman–Crippen MR) is 136 cm³/mol. The van der Waals surface area contributed by atoms with E-state index in [0.717, 1.165) is 49.4 Å². The molecule has 4 heterocycles. The monoisotopic (exact) mass is 503 g/mol. The molecule has 2 aromatic rings. The van der Waals surface area contributed by atoms with Crippen molar-refractivity contribution in [1.29, 1.82) is 0 Å². The van der Waals surface area contributed by atoms with Crippen LogP contribution in [-0.2, 0) is 33.7 Å². The van der Waals surface area contributed by atoms with E-state index in [2.05, 4.69) is 28.4 Å². The number of carbonyl (C=O) groups is 3. The van der Waals surface area contributed by atoms with Gasteiger partial charge < -0.3 is 14.7 Å². The maximum atomic E-state index is 13.2. The maximum Gasteiger partial charge on any atom is 0.255 e. The van der Waals surface area contributed by atoms with Crippen LogP contribution in [0.2, 0.25) is 0 Å². The Morgan fingerprint density at radius 1 is 1.08 bits per heavy atom. The number of piperidine rings is 2. The highest BCUT2D eigenvalue weighted by atomic mass is 16.5. The van der Waals surface area contributed by atoms with Gasteiger partial charge in [-0.15, -0.1) is 0 Å². The first kappa shape index (κ1) is 24.1. The number of amides is 3. The summed E-state index contributed by atoms with van der Waals surface area (Å²) < 4.78 is 6.29. The number of imide groups is 1. The lowest BCUT2D eigenvalue weighted by molar-refractivity contribution is -0.136. The highest BCUT2D eigenvalue weighted by Crippen LogP contribution is 2.49. The zero-order chi connectivity index (χ0) is 25.9. The van der Waals surface area contributed by atoms with E-state index in [4.69, 9.17) is 4.74 Å². The van der Waals surface area contributed by atoms with E-state index in [1.165, 1.54) is 11.1 Å². The summed E-state index contributed by atoms with van der Waals surface area (Å²) in [5, 5.41) is 12.6. The minimum absolute atomic E-state index is 0.0588. The first-order valence-electron chi connectivity index (χ1n) is 13.1. The van der Waals surface area contributed by atoms with Crippen molar-refractivity contribution in [3.63, 3.8) is 0 Å². The van der Waals surface area contributed by atoms with Crippen LogP contribution in [0.1, 0.15) is 72.1 Å². The third-order valence-electron chi connectivity index (χ3n) is 8.61. The first-order valence-corrected chi connectivity index (χ1v) is 13.1. The molecule has 8 heteroatoms. The molecule has 0 saturated carbocycles. The van der Waals surface area contributed by atoms with Gasteiger partial charge >= 0.3 is 0 Å². The van der Waals surface area contributed by atoms with Gasteiger partial charge in [0.05, 0.1) is 18.8 Å². The van der Waals surface area contributed by atoms with Crippen molar-refractivity contribution in [1.82, 2.24) is 15.1 Å². The van der Waals surface area contributed by atoms with Gasteiger partial charge in [-0.05, 0) is 63.4 Å². The molecule has 4 aliphatic heterocycles. The summed E-state index contributed by atoms with van der Waals surface area (Å²) in [6.07, 6.45) is 2.55. The summed E-state index contributed by atoms with van der Waals surface area (Å²) in [4.78, 5) is 41.2. The summed E-state index contributed by atoms with van der Waals surface area (Å²) in [5.41, 5.74) is 3.91. The van der Waals surface area contributed by atoms with Gasteiger partial charge in [0.1, 0.15) is 11.8 Å². The molecule has 194 valence electrons. The molecule has 8 nitrogen and oxygen atoms in total. The van der Waals surface area contributed by atoms with E-state index in [-0.39, 0.29) is 23.7 Å². The lowest BCUT2D eigenvalue weighted by Crippen LogP contribution is -2.52. The van der Waals surface area contributed by atoms with Crippen molar-refractivity contribution in [3.8, 4) is 5.75 Å². The number of hydrogen-bond donors (Lipinski definition) is 2. The molecule has 4 aliphatic rings. The smallest absolute Gasteiger partial charge is 0.255 e. The van der Waals surface area contributed by atoms with Crippen molar-refractivity contribution in [2.45, 2.75) is 69.7 Å². The number of rotatable bonds is 4. The number of aliphatic hydroxyl groups is 1. The van der Waals surface area contributed by atoms with E-state index in [1.54, 1.807) is 18.7 Å². The summed E-state index contributed by atoms with van der Waals surface area (Å²) in [7, 11) is 0. The van der Waals surface area contributed by atoms with Crippen LogP contribution in [-0.4, -0.2) is 58.4 Å². The van der Waals surface area contributed by atoms with Gasteiger partial charge in [0.2, 0.25) is 11.8 Å². The van der Waals surface area contributed by atoms with Crippen LogP contribution in [0.5, 0.6) is 5.75 Å². The second-order valence-corrected chi connectivity index (χ2v) is 11.5. The van der Waals surface area contributed by atoms with Crippen molar-refractivity contribution < 1.29 is 24.2 Å². The van der Waals surface area contributed by atoms with E-state index in [0.29, 0.717) is 25.1 Å². The topological polar surface area (TPSA) is 99.2 Å². The van der Waals surface area contributed by atoms with E-state index in [1.807, 2.05) is 18.2 Å². The number of nitrogens with zero attached hydrogens (tertiary/aromatic N) is 2. The van der Waals surface area contributed by atoms with Crippen molar-refractivity contribution in [2.75, 3.05) is 19.7 Å². The Balaban J connectivity index is 1.15. The number of fused-ring (bicyclic) bond motifs is 4. The molecule has 0 aliphatic carbocycles. The van der Waals surface area contributed by atoms with Crippen LogP contribution >= 0.6 is 0 Å². The maximum absolute atomic E-state index is 13.2. The largest absolute Gasteiger partial charge is 0.492 e.